The van der Waals surface area contributed by atoms with Gasteiger partial charge >= 0.3 is 11.8 Å². The first-order valence-electron chi connectivity index (χ1n) is 26.7. The van der Waals surface area contributed by atoms with Crippen LogP contribution in [0.25, 0.3) is 44.6 Å². The number of hydrogen-bond acceptors (Lipinski definition) is 1. The molecule has 8 nitrogen and oxygen atoms in total. The first-order valence-corrected chi connectivity index (χ1v) is 28.0. The molecule has 0 amide bonds. The van der Waals surface area contributed by atoms with Gasteiger partial charge in [0.15, 0.2) is 0 Å². The van der Waals surface area contributed by atoms with Crippen molar-refractivity contribution in [2.75, 3.05) is 6.26 Å². The highest BCUT2D eigenvalue weighted by atomic mass is 32.2. The van der Waals surface area contributed by atoms with Crippen LogP contribution in [-0.2, 0) is 11.8 Å². The molecular formula is C69H50N8S+4. The summed E-state index contributed by atoms with van der Waals surface area (Å²) >= 11 is 1.78. The van der Waals surface area contributed by atoms with Crippen molar-refractivity contribution in [1.82, 2.24) is 18.3 Å². The zero-order chi connectivity index (χ0) is 50.9. The third kappa shape index (κ3) is 4.42. The molecule has 16 heterocycles. The molecule has 0 radical (unpaired) electrons. The molecule has 0 N–H and O–H groups in total. The summed E-state index contributed by atoms with van der Waals surface area (Å²) in [6.07, 6.45) is 20.9. The van der Waals surface area contributed by atoms with E-state index >= 15 is 0 Å². The van der Waals surface area contributed by atoms with Gasteiger partial charge in [0.25, 0.3) is 0 Å². The molecule has 7 aromatic rings. The van der Waals surface area contributed by atoms with E-state index in [-0.39, 0.29) is 7.43 Å². The van der Waals surface area contributed by atoms with E-state index in [1.807, 2.05) is 0 Å². The lowest BCUT2D eigenvalue weighted by molar-refractivity contribution is -0.835. The van der Waals surface area contributed by atoms with E-state index in [1.54, 1.807) is 11.8 Å². The molecule has 78 heavy (non-hydrogen) atoms. The van der Waals surface area contributed by atoms with Crippen LogP contribution >= 0.6 is 11.8 Å². The van der Waals surface area contributed by atoms with E-state index in [9.17, 15) is 0 Å². The Morgan fingerprint density at radius 1 is 0.346 bits per heavy atom. The van der Waals surface area contributed by atoms with Gasteiger partial charge in [-0.3, -0.25) is 0 Å². The molecule has 4 aromatic heterocycles. The Balaban J connectivity index is 0.00000475. The third-order valence-electron chi connectivity index (χ3n) is 18.9. The second-order valence-electron chi connectivity index (χ2n) is 22.1. The van der Waals surface area contributed by atoms with Gasteiger partial charge in [-0.15, -0.1) is 11.8 Å². The fourth-order valence-electron chi connectivity index (χ4n) is 15.7. The second kappa shape index (κ2) is 13.8. The lowest BCUT2D eigenvalue weighted by atomic mass is 9.94. The van der Waals surface area contributed by atoms with Crippen LogP contribution in [0.3, 0.4) is 0 Å². The molecule has 2 unspecified atom stereocenters. The molecular weight excluding hydrogens is 973 g/mol. The number of thioether (sulfide) groups is 1. The number of benzene rings is 3. The van der Waals surface area contributed by atoms with Crippen molar-refractivity contribution in [2.45, 2.75) is 58.8 Å². The van der Waals surface area contributed by atoms with Crippen LogP contribution in [0.2, 0.25) is 0 Å². The summed E-state index contributed by atoms with van der Waals surface area (Å²) in [5.41, 5.74) is 30.6. The maximum absolute atomic E-state index is 3.55. The molecule has 0 aliphatic carbocycles. The Bertz CT molecular complexity index is 5060. The Hall–Kier alpha value is -9.23. The summed E-state index contributed by atoms with van der Waals surface area (Å²) in [6, 6.07) is 45.7. The summed E-state index contributed by atoms with van der Waals surface area (Å²) in [5.74, 6) is 5.75. The number of allylic oxidation sites excluding steroid dienone is 10. The van der Waals surface area contributed by atoms with Gasteiger partial charge in [-0.1, -0.05) is 74.0 Å². The average Bonchev–Trinajstić information content (AvgIpc) is 3.17. The highest BCUT2D eigenvalue weighted by Crippen LogP contribution is 2.54. The van der Waals surface area contributed by atoms with Crippen LogP contribution < -0.4 is 21.4 Å². The third-order valence-corrected chi connectivity index (χ3v) is 19.6. The highest BCUT2D eigenvalue weighted by Gasteiger charge is 2.74. The van der Waals surface area contributed by atoms with Gasteiger partial charge in [-0.25, -0.2) is 0 Å². The van der Waals surface area contributed by atoms with E-state index in [0.717, 1.165) is 11.1 Å². The van der Waals surface area contributed by atoms with Crippen LogP contribution in [0.15, 0.2) is 198 Å². The van der Waals surface area contributed by atoms with Crippen LogP contribution in [-0.4, -0.2) is 65.7 Å². The maximum atomic E-state index is 3.55. The Morgan fingerprint density at radius 3 is 1.17 bits per heavy atom. The molecule has 3 aromatic carbocycles. The molecule has 0 saturated carbocycles. The normalized spacial score (nSPS) is 22.5. The summed E-state index contributed by atoms with van der Waals surface area (Å²) in [7, 11) is 0. The molecule has 19 rings (SSSR count). The smallest absolute Gasteiger partial charge is 0.199 e. The molecule has 0 fully saturated rings. The molecule has 0 saturated heterocycles. The predicted molar refractivity (Wildman–Crippen MR) is 311 cm³/mol. The van der Waals surface area contributed by atoms with Crippen LogP contribution in [0, 0.1) is 11.8 Å². The Labute approximate surface area is 454 Å². The van der Waals surface area contributed by atoms with E-state index in [2.05, 4.69) is 259 Å². The van der Waals surface area contributed by atoms with Crippen LogP contribution in [0.4, 0.5) is 0 Å². The fraction of sp³-hybridized carbons (Fsp3) is 0.130. The Morgan fingerprint density at radius 2 is 0.705 bits per heavy atom. The number of hydrogen-bond donors (Lipinski definition) is 0. The zero-order valence-electron chi connectivity index (χ0n) is 43.2. The van der Waals surface area contributed by atoms with Crippen molar-refractivity contribution in [1.29, 1.82) is 0 Å². The topological polar surface area (TPSA) is 31.8 Å². The van der Waals surface area contributed by atoms with E-state index < -0.39 is 11.8 Å². The molecule has 12 aliphatic rings. The van der Waals surface area contributed by atoms with Crippen LogP contribution in [0.1, 0.15) is 92.6 Å². The summed E-state index contributed by atoms with van der Waals surface area (Å²) in [4.78, 5) is 1.27. The van der Waals surface area contributed by atoms with Gasteiger partial charge in [-0.05, 0) is 142 Å². The van der Waals surface area contributed by atoms with Crippen molar-refractivity contribution in [2.24, 2.45) is 0 Å². The standard InChI is InChI=1S/C68H46N8S.CH4/c1-37-48-21-23-50-38(2)52-25-31-58-64(59-32-26-53-39(3)51-24-22-49(37)70(51)67(69(48)50,71(52)58)72(53)59)44-13-9-42(10-14-44)7-8-43-11-15-45(16-12-43)65-60-33-27-54-40(4)56-29-35-62-66(46-17-19-47(77-6)20-18-46)63-36-30-57-41(5)55-28-34-61(65)74(55)68(73(54)60,75(56)62)76(57)63;/h9-36H,1-6H3;1H4/q+4;. The quantitative estimate of drug-likeness (QED) is 0.0987. The van der Waals surface area contributed by atoms with Crippen molar-refractivity contribution >= 4 is 79.2 Å². The van der Waals surface area contributed by atoms with E-state index in [1.165, 1.54) is 156 Å². The predicted octanol–water partition coefficient (Wildman–Crippen LogP) is 8.78. The maximum Gasteiger partial charge on any atom is 0.553 e. The van der Waals surface area contributed by atoms with Gasteiger partial charge in [-0.2, -0.15) is 18.3 Å². The first-order chi connectivity index (χ1) is 37.7. The largest absolute Gasteiger partial charge is 0.553 e. The highest BCUT2D eigenvalue weighted by molar-refractivity contribution is 7.98. The lowest BCUT2D eigenvalue weighted by Crippen LogP contribution is -2.71. The molecule has 9 heteroatoms. The van der Waals surface area contributed by atoms with Gasteiger partial charge in [0, 0.05) is 92.5 Å². The van der Waals surface area contributed by atoms with Crippen LogP contribution in [0.5, 0.6) is 0 Å². The van der Waals surface area contributed by atoms with Crippen molar-refractivity contribution in [3.63, 3.8) is 0 Å². The molecule has 2 spiro atoms. The molecule has 2 atom stereocenters. The fourth-order valence-corrected chi connectivity index (χ4v) is 16.1. The number of nitrogens with zero attached hydrogens (tertiary/aromatic N) is 8. The van der Waals surface area contributed by atoms with Gasteiger partial charge in [0.05, 0.1) is 60.9 Å². The second-order valence-corrected chi connectivity index (χ2v) is 23.0. The summed E-state index contributed by atoms with van der Waals surface area (Å²) in [6.45, 7) is 11.4. The monoisotopic (exact) mass is 1020 g/mol. The molecule has 368 valence electrons. The molecule has 0 bridgehead atoms. The minimum absolute atomic E-state index is 0. The van der Waals surface area contributed by atoms with Crippen molar-refractivity contribution in [3.8, 4) is 11.8 Å². The number of aromatic nitrogens is 4. The van der Waals surface area contributed by atoms with E-state index in [4.69, 9.17) is 0 Å². The minimum Gasteiger partial charge on any atom is -0.199 e. The SMILES string of the molecule is C.CSc1ccc(C2=C3C=CC4=[N+]3C35n6c(ccc62)C(C)=C2C=CC(=[N+]23)C(c2ccc(C#Cc3ccc(C6=C7C=CC8=[N+]7C79n%10c(ccc%106)C(C)=C6C=CC(=[N+]67)C(C)=c6ccc(n69)=C8C)cc3)cc2)=c2ccc(n25)=C4C)cc1. The minimum atomic E-state index is -0.714. The van der Waals surface area contributed by atoms with Gasteiger partial charge in [0.2, 0.25) is 45.6 Å². The van der Waals surface area contributed by atoms with Gasteiger partial charge < -0.3 is 0 Å². The summed E-state index contributed by atoms with van der Waals surface area (Å²) in [5, 5.41) is 4.98. The summed E-state index contributed by atoms with van der Waals surface area (Å²) < 4.78 is 21.0. The lowest BCUT2D eigenvalue weighted by Gasteiger charge is -2.40. The number of rotatable bonds is 4. The van der Waals surface area contributed by atoms with Gasteiger partial charge in [0.1, 0.15) is 0 Å². The van der Waals surface area contributed by atoms with Crippen molar-refractivity contribution in [3.05, 3.63) is 265 Å². The van der Waals surface area contributed by atoms with E-state index in [0.29, 0.717) is 0 Å². The average molecular weight is 1020 g/mol. The zero-order valence-corrected chi connectivity index (χ0v) is 44.0. The Kier molecular flexibility index (Phi) is 7.62. The molecule has 12 aliphatic heterocycles. The first kappa shape index (κ1) is 42.9. The van der Waals surface area contributed by atoms with Crippen molar-refractivity contribution < 1.29 is 18.3 Å².